The van der Waals surface area contributed by atoms with Gasteiger partial charge in [0.15, 0.2) is 11.5 Å². The maximum atomic E-state index is 6.01. The molecule has 0 spiro atoms. The summed E-state index contributed by atoms with van der Waals surface area (Å²) in [4.78, 5) is 0. The minimum absolute atomic E-state index is 0.0668. The SMILES string of the molecule is CC(C)(C)C1CCOc2cn(C3COc4cnn(C(C)(C)C)c4C3)nc21. The van der Waals surface area contributed by atoms with E-state index in [1.165, 1.54) is 0 Å². The second kappa shape index (κ2) is 5.76. The van der Waals surface area contributed by atoms with Gasteiger partial charge in [-0.1, -0.05) is 20.8 Å². The lowest BCUT2D eigenvalue weighted by Crippen LogP contribution is -2.31. The zero-order valence-electron chi connectivity index (χ0n) is 16.7. The summed E-state index contributed by atoms with van der Waals surface area (Å²) in [5, 5.41) is 9.50. The van der Waals surface area contributed by atoms with Crippen LogP contribution in [0.3, 0.4) is 0 Å². The Hall–Kier alpha value is -1.98. The predicted molar refractivity (Wildman–Crippen MR) is 100.0 cm³/mol. The first-order valence-corrected chi connectivity index (χ1v) is 9.56. The van der Waals surface area contributed by atoms with E-state index in [0.717, 1.165) is 42.3 Å². The Morgan fingerprint density at radius 3 is 2.54 bits per heavy atom. The third-order valence-corrected chi connectivity index (χ3v) is 5.47. The van der Waals surface area contributed by atoms with Crippen molar-refractivity contribution < 1.29 is 9.47 Å². The average molecular weight is 358 g/mol. The number of hydrogen-bond acceptors (Lipinski definition) is 4. The van der Waals surface area contributed by atoms with Crippen molar-refractivity contribution >= 4 is 0 Å². The van der Waals surface area contributed by atoms with E-state index in [-0.39, 0.29) is 17.0 Å². The van der Waals surface area contributed by atoms with Gasteiger partial charge in [-0.05, 0) is 32.6 Å². The van der Waals surface area contributed by atoms with Crippen molar-refractivity contribution in [2.75, 3.05) is 13.2 Å². The van der Waals surface area contributed by atoms with Crippen molar-refractivity contribution in [1.82, 2.24) is 19.6 Å². The van der Waals surface area contributed by atoms with Crippen molar-refractivity contribution in [1.29, 1.82) is 0 Å². The predicted octanol–water partition coefficient (Wildman–Crippen LogP) is 3.92. The van der Waals surface area contributed by atoms with Crippen LogP contribution in [0.25, 0.3) is 0 Å². The Balaban J connectivity index is 1.65. The molecule has 26 heavy (non-hydrogen) atoms. The molecule has 6 heteroatoms. The highest BCUT2D eigenvalue weighted by atomic mass is 16.5. The zero-order chi connectivity index (χ0) is 18.7. The molecular weight excluding hydrogens is 328 g/mol. The highest BCUT2D eigenvalue weighted by Gasteiger charge is 2.36. The summed E-state index contributed by atoms with van der Waals surface area (Å²) >= 11 is 0. The summed E-state index contributed by atoms with van der Waals surface area (Å²) in [6.07, 6.45) is 5.79. The molecule has 2 unspecified atom stereocenters. The number of hydrogen-bond donors (Lipinski definition) is 0. The summed E-state index contributed by atoms with van der Waals surface area (Å²) in [5.41, 5.74) is 2.36. The molecule has 0 fully saturated rings. The monoisotopic (exact) mass is 358 g/mol. The van der Waals surface area contributed by atoms with Crippen LogP contribution in [0.1, 0.15) is 71.3 Å². The fraction of sp³-hybridized carbons (Fsp3) is 0.700. The molecule has 0 saturated carbocycles. The van der Waals surface area contributed by atoms with E-state index in [4.69, 9.17) is 14.6 Å². The molecule has 2 atom stereocenters. The van der Waals surface area contributed by atoms with Gasteiger partial charge in [0.25, 0.3) is 0 Å². The second-order valence-corrected chi connectivity index (χ2v) is 9.62. The zero-order valence-corrected chi connectivity index (χ0v) is 16.7. The first-order chi connectivity index (χ1) is 12.1. The van der Waals surface area contributed by atoms with Gasteiger partial charge in [0.2, 0.25) is 0 Å². The van der Waals surface area contributed by atoms with E-state index in [1.807, 2.05) is 6.20 Å². The summed E-state index contributed by atoms with van der Waals surface area (Å²) in [6, 6.07) is 0.162. The normalized spacial score (nSPS) is 23.0. The van der Waals surface area contributed by atoms with Crippen LogP contribution < -0.4 is 9.47 Å². The lowest BCUT2D eigenvalue weighted by Gasteiger charge is -2.32. The van der Waals surface area contributed by atoms with Crippen LogP contribution in [0.15, 0.2) is 12.4 Å². The van der Waals surface area contributed by atoms with E-state index in [9.17, 15) is 0 Å². The highest BCUT2D eigenvalue weighted by Crippen LogP contribution is 2.44. The van der Waals surface area contributed by atoms with Crippen LogP contribution in [0, 0.1) is 5.41 Å². The van der Waals surface area contributed by atoms with Crippen LogP contribution in [0.5, 0.6) is 11.5 Å². The van der Waals surface area contributed by atoms with E-state index >= 15 is 0 Å². The Morgan fingerprint density at radius 1 is 1.08 bits per heavy atom. The Labute approximate surface area is 155 Å². The molecule has 0 radical (unpaired) electrons. The van der Waals surface area contributed by atoms with Crippen LogP contribution in [0.4, 0.5) is 0 Å². The third kappa shape index (κ3) is 2.89. The summed E-state index contributed by atoms with van der Waals surface area (Å²) in [7, 11) is 0. The van der Waals surface area contributed by atoms with Gasteiger partial charge in [0.05, 0.1) is 36.3 Å². The lowest BCUT2D eigenvalue weighted by atomic mass is 9.76. The molecule has 4 rings (SSSR count). The van der Waals surface area contributed by atoms with Crippen LogP contribution in [0.2, 0.25) is 0 Å². The summed E-state index contributed by atoms with van der Waals surface area (Å²) in [5.74, 6) is 2.26. The molecular formula is C20H30N4O2. The maximum Gasteiger partial charge on any atom is 0.160 e. The lowest BCUT2D eigenvalue weighted by molar-refractivity contribution is 0.197. The van der Waals surface area contributed by atoms with Gasteiger partial charge in [-0.2, -0.15) is 10.2 Å². The molecule has 2 aromatic heterocycles. The number of fused-ring (bicyclic) bond motifs is 2. The number of rotatable bonds is 1. The van der Waals surface area contributed by atoms with Crippen LogP contribution >= 0.6 is 0 Å². The molecule has 6 nitrogen and oxygen atoms in total. The molecule has 4 heterocycles. The maximum absolute atomic E-state index is 6.01. The van der Waals surface area contributed by atoms with E-state index in [2.05, 4.69) is 62.2 Å². The Kier molecular flexibility index (Phi) is 3.86. The molecule has 0 saturated heterocycles. The minimum Gasteiger partial charge on any atom is -0.490 e. The van der Waals surface area contributed by atoms with Gasteiger partial charge in [-0.15, -0.1) is 0 Å². The average Bonchev–Trinajstić information content (AvgIpc) is 3.16. The minimum atomic E-state index is -0.0668. The molecule has 2 aromatic rings. The van der Waals surface area contributed by atoms with Crippen molar-refractivity contribution in [2.45, 2.75) is 71.9 Å². The first kappa shape index (κ1) is 17.4. The van der Waals surface area contributed by atoms with E-state index < -0.39 is 0 Å². The number of aromatic nitrogens is 4. The largest absolute Gasteiger partial charge is 0.490 e. The van der Waals surface area contributed by atoms with Crippen molar-refractivity contribution in [2.24, 2.45) is 5.41 Å². The third-order valence-electron chi connectivity index (χ3n) is 5.47. The molecule has 2 aliphatic heterocycles. The first-order valence-electron chi connectivity index (χ1n) is 9.56. The molecule has 0 aromatic carbocycles. The Bertz CT molecular complexity index is 807. The van der Waals surface area contributed by atoms with Crippen LogP contribution in [-0.2, 0) is 12.0 Å². The van der Waals surface area contributed by atoms with Crippen molar-refractivity contribution in [3.63, 3.8) is 0 Å². The fourth-order valence-electron chi connectivity index (χ4n) is 4.08. The summed E-state index contributed by atoms with van der Waals surface area (Å²) in [6.45, 7) is 14.7. The van der Waals surface area contributed by atoms with Gasteiger partial charge >= 0.3 is 0 Å². The highest BCUT2D eigenvalue weighted by molar-refractivity contribution is 5.33. The van der Waals surface area contributed by atoms with Crippen LogP contribution in [-0.4, -0.2) is 32.8 Å². The molecule has 142 valence electrons. The topological polar surface area (TPSA) is 54.1 Å². The quantitative estimate of drug-likeness (QED) is 0.775. The number of ether oxygens (including phenoxy) is 2. The van der Waals surface area contributed by atoms with Gasteiger partial charge in [-0.25, -0.2) is 0 Å². The van der Waals surface area contributed by atoms with E-state index in [0.29, 0.717) is 12.5 Å². The van der Waals surface area contributed by atoms with Gasteiger partial charge < -0.3 is 9.47 Å². The second-order valence-electron chi connectivity index (χ2n) is 9.62. The summed E-state index contributed by atoms with van der Waals surface area (Å²) < 4.78 is 16.0. The Morgan fingerprint density at radius 2 is 1.85 bits per heavy atom. The molecule has 0 bridgehead atoms. The fourth-order valence-corrected chi connectivity index (χ4v) is 4.08. The van der Waals surface area contributed by atoms with Gasteiger partial charge in [0.1, 0.15) is 12.3 Å². The standard InChI is InChI=1S/C20H30N4O2/c1-19(2,3)14-7-8-25-17-11-23(22-18(14)17)13-9-15-16(26-12-13)10-21-24(15)20(4,5)6/h10-11,13-14H,7-9,12H2,1-6H3. The smallest absolute Gasteiger partial charge is 0.160 e. The molecule has 0 aliphatic carbocycles. The van der Waals surface area contributed by atoms with Gasteiger partial charge in [-0.3, -0.25) is 9.36 Å². The van der Waals surface area contributed by atoms with Crippen molar-refractivity contribution in [3.05, 3.63) is 23.8 Å². The van der Waals surface area contributed by atoms with E-state index in [1.54, 1.807) is 0 Å². The molecule has 0 amide bonds. The van der Waals surface area contributed by atoms with Crippen molar-refractivity contribution in [3.8, 4) is 11.5 Å². The van der Waals surface area contributed by atoms with Gasteiger partial charge in [0, 0.05) is 12.3 Å². The molecule has 0 N–H and O–H groups in total. The number of nitrogens with zero attached hydrogens (tertiary/aromatic N) is 4. The molecule has 2 aliphatic rings.